The van der Waals surface area contributed by atoms with Crippen molar-refractivity contribution in [1.82, 2.24) is 9.88 Å². The number of amides is 2. The average Bonchev–Trinajstić information content (AvgIpc) is 3.22. The smallest absolute Gasteiger partial charge is 0.272 e. The molecule has 6 rings (SSSR count). The van der Waals surface area contributed by atoms with Crippen molar-refractivity contribution in [3.05, 3.63) is 101 Å². The van der Waals surface area contributed by atoms with Crippen LogP contribution in [0.25, 0.3) is 10.9 Å². The van der Waals surface area contributed by atoms with Crippen LogP contribution < -0.4 is 10.2 Å². The Bertz CT molecular complexity index is 1470. The minimum atomic E-state index is -1.03. The molecule has 6 heteroatoms. The molecule has 1 N–H and O–H groups in total. The molecule has 2 amide bonds. The van der Waals surface area contributed by atoms with E-state index in [1.165, 1.54) is 5.56 Å². The van der Waals surface area contributed by atoms with Crippen LogP contribution in [-0.4, -0.2) is 35.3 Å². The third-order valence-corrected chi connectivity index (χ3v) is 6.72. The number of carbonyl (C=O) groups excluding carboxylic acids is 2. The van der Waals surface area contributed by atoms with Crippen molar-refractivity contribution in [3.63, 3.8) is 0 Å². The van der Waals surface area contributed by atoms with Crippen molar-refractivity contribution >= 4 is 34.1 Å². The van der Waals surface area contributed by atoms with Crippen LogP contribution in [0.1, 0.15) is 33.6 Å². The van der Waals surface area contributed by atoms with Crippen LogP contribution >= 0.6 is 0 Å². The molecule has 2 aliphatic rings. The highest BCUT2D eigenvalue weighted by Gasteiger charge is 2.32. The number of aryl methyl sites for hydroxylation is 2. The Hall–Kier alpha value is -4.19. The maximum atomic E-state index is 13.5. The highest BCUT2D eigenvalue weighted by Crippen LogP contribution is 2.30. The fraction of sp³-hybridized carbons (Fsp3) is 0.179. The third-order valence-electron chi connectivity index (χ3n) is 6.72. The van der Waals surface area contributed by atoms with Gasteiger partial charge in [-0.2, -0.15) is 0 Å². The van der Waals surface area contributed by atoms with Gasteiger partial charge in [0.2, 0.25) is 6.17 Å². The van der Waals surface area contributed by atoms with Crippen LogP contribution in [0.5, 0.6) is 0 Å². The molecule has 0 aliphatic carbocycles. The molecular formula is C28H24N4O2. The minimum absolute atomic E-state index is 0.276. The molecule has 6 nitrogen and oxygen atoms in total. The van der Waals surface area contributed by atoms with Gasteiger partial charge < -0.3 is 14.8 Å². The Morgan fingerprint density at radius 3 is 2.65 bits per heavy atom. The molecule has 34 heavy (non-hydrogen) atoms. The van der Waals surface area contributed by atoms with Crippen molar-refractivity contribution in [2.24, 2.45) is 4.99 Å². The molecule has 0 unspecified atom stereocenters. The van der Waals surface area contributed by atoms with Gasteiger partial charge in [0.1, 0.15) is 5.69 Å². The summed E-state index contributed by atoms with van der Waals surface area (Å²) in [6.07, 6.45) is 0.962. The van der Waals surface area contributed by atoms with Crippen LogP contribution in [0.4, 0.5) is 5.69 Å². The molecule has 1 atom stereocenters. The number of rotatable bonds is 3. The molecule has 168 valence electrons. The van der Waals surface area contributed by atoms with Gasteiger partial charge >= 0.3 is 0 Å². The number of aromatic nitrogens is 1. The van der Waals surface area contributed by atoms with Gasteiger partial charge in [-0.05, 0) is 30.5 Å². The lowest BCUT2D eigenvalue weighted by molar-refractivity contribution is -0.119. The molecule has 3 aromatic carbocycles. The van der Waals surface area contributed by atoms with Gasteiger partial charge in [0.25, 0.3) is 11.8 Å². The lowest BCUT2D eigenvalue weighted by atomic mass is 10.0. The summed E-state index contributed by atoms with van der Waals surface area (Å²) in [4.78, 5) is 33.3. The van der Waals surface area contributed by atoms with Crippen molar-refractivity contribution in [2.75, 3.05) is 11.9 Å². The van der Waals surface area contributed by atoms with Gasteiger partial charge in [-0.25, -0.2) is 4.99 Å². The number of anilines is 1. The summed E-state index contributed by atoms with van der Waals surface area (Å²) in [6.45, 7) is 0.783. The lowest BCUT2D eigenvalue weighted by Crippen LogP contribution is -2.46. The maximum absolute atomic E-state index is 13.5. The van der Waals surface area contributed by atoms with E-state index in [1.54, 1.807) is 11.9 Å². The number of hydrogen-bond donors (Lipinski definition) is 1. The predicted molar refractivity (Wildman–Crippen MR) is 133 cm³/mol. The molecular weight excluding hydrogens is 424 g/mol. The van der Waals surface area contributed by atoms with Gasteiger partial charge in [-0.1, -0.05) is 66.7 Å². The first-order valence-corrected chi connectivity index (χ1v) is 11.5. The topological polar surface area (TPSA) is 66.7 Å². The zero-order valence-electron chi connectivity index (χ0n) is 18.9. The second-order valence-corrected chi connectivity index (χ2v) is 8.77. The molecule has 2 aliphatic heterocycles. The van der Waals surface area contributed by atoms with Gasteiger partial charge in [-0.15, -0.1) is 0 Å². The lowest BCUT2D eigenvalue weighted by Gasteiger charge is -2.21. The molecule has 3 heterocycles. The van der Waals surface area contributed by atoms with E-state index in [-0.39, 0.29) is 11.8 Å². The zero-order valence-corrected chi connectivity index (χ0v) is 18.9. The van der Waals surface area contributed by atoms with Crippen LogP contribution in [0.15, 0.2) is 83.9 Å². The number of benzene rings is 3. The van der Waals surface area contributed by atoms with E-state index < -0.39 is 6.17 Å². The number of fused-ring (bicyclic) bond motifs is 1. The summed E-state index contributed by atoms with van der Waals surface area (Å²) in [6, 6.07) is 25.6. The molecule has 0 saturated carbocycles. The van der Waals surface area contributed by atoms with Gasteiger partial charge in [0.05, 0.1) is 16.9 Å². The minimum Gasteiger partial charge on any atom is -0.336 e. The van der Waals surface area contributed by atoms with Crippen LogP contribution in [0.3, 0.4) is 0 Å². The third kappa shape index (κ3) is 3.22. The summed E-state index contributed by atoms with van der Waals surface area (Å²) in [7, 11) is 1.73. The van der Waals surface area contributed by atoms with Crippen LogP contribution in [0.2, 0.25) is 0 Å². The Morgan fingerprint density at radius 1 is 1.00 bits per heavy atom. The van der Waals surface area contributed by atoms with Crippen molar-refractivity contribution in [2.45, 2.75) is 25.6 Å². The predicted octanol–water partition coefficient (Wildman–Crippen LogP) is 4.16. The fourth-order valence-electron chi connectivity index (χ4n) is 5.09. The van der Waals surface area contributed by atoms with Gasteiger partial charge in [0, 0.05) is 30.1 Å². The first-order chi connectivity index (χ1) is 16.6. The van der Waals surface area contributed by atoms with E-state index in [4.69, 9.17) is 4.99 Å². The highest BCUT2D eigenvalue weighted by molar-refractivity contribution is 6.20. The highest BCUT2D eigenvalue weighted by atomic mass is 16.2. The number of para-hydroxylation sites is 2. The van der Waals surface area contributed by atoms with E-state index in [0.29, 0.717) is 11.4 Å². The van der Waals surface area contributed by atoms with Gasteiger partial charge in [0.15, 0.2) is 0 Å². The largest absolute Gasteiger partial charge is 0.336 e. The Labute approximate surface area is 197 Å². The van der Waals surface area contributed by atoms with Crippen molar-refractivity contribution in [1.29, 1.82) is 0 Å². The van der Waals surface area contributed by atoms with Gasteiger partial charge in [-0.3, -0.25) is 9.59 Å². The summed E-state index contributed by atoms with van der Waals surface area (Å²) in [5.74, 6) is -0.569. The number of likely N-dealkylation sites (N-methyl/N-ethyl adjacent to an activating group) is 1. The molecule has 0 bridgehead atoms. The van der Waals surface area contributed by atoms with Crippen LogP contribution in [-0.2, 0) is 17.8 Å². The Kier molecular flexibility index (Phi) is 4.80. The normalized spacial score (nSPS) is 17.2. The number of hydrogen-bond acceptors (Lipinski definition) is 3. The first-order valence-electron chi connectivity index (χ1n) is 11.5. The summed E-state index contributed by atoms with van der Waals surface area (Å²) < 4.78 is 2.07. The molecule has 0 spiro atoms. The van der Waals surface area contributed by atoms with E-state index in [1.807, 2.05) is 72.8 Å². The van der Waals surface area contributed by atoms with E-state index in [9.17, 15) is 9.59 Å². The number of benzodiazepines with no additional fused rings is 1. The quantitative estimate of drug-likeness (QED) is 0.512. The van der Waals surface area contributed by atoms with Crippen molar-refractivity contribution in [3.8, 4) is 0 Å². The van der Waals surface area contributed by atoms with E-state index in [0.717, 1.165) is 47.1 Å². The monoisotopic (exact) mass is 448 g/mol. The molecule has 1 aromatic heterocycles. The number of nitrogens with zero attached hydrogens (tertiary/aromatic N) is 3. The summed E-state index contributed by atoms with van der Waals surface area (Å²) in [5.41, 5.74) is 6.14. The first kappa shape index (κ1) is 20.4. The maximum Gasteiger partial charge on any atom is 0.272 e. The molecule has 0 saturated heterocycles. The fourth-order valence-corrected chi connectivity index (χ4v) is 5.09. The number of carbonyl (C=O) groups is 2. The van der Waals surface area contributed by atoms with Crippen molar-refractivity contribution < 1.29 is 9.59 Å². The molecule has 0 radical (unpaired) electrons. The van der Waals surface area contributed by atoms with E-state index in [2.05, 4.69) is 16.0 Å². The SMILES string of the molecule is CN1C(=O)[C@@H](NC(=O)c2cc3cccc4c3n2CCC4)N=C(c2ccccc2)c2ccccc21. The second kappa shape index (κ2) is 7.99. The number of nitrogens with one attached hydrogen (secondary N) is 1. The summed E-state index contributed by atoms with van der Waals surface area (Å²) in [5, 5.41) is 3.98. The zero-order chi connectivity index (χ0) is 23.2. The Balaban J connectivity index is 1.43. The molecule has 0 fully saturated rings. The Morgan fingerprint density at radius 2 is 1.79 bits per heavy atom. The van der Waals surface area contributed by atoms with E-state index >= 15 is 0 Å². The standard InChI is InChI=1S/C28H24N4O2/c1-31-22-15-6-5-14-21(22)24(18-9-3-2-4-10-18)29-26(28(31)34)30-27(33)23-17-20-12-7-11-19-13-8-16-32(23)25(19)20/h2-7,9-12,14-15,17,26H,8,13,16H2,1H3,(H,30,33)/t26-/m1/s1. The molecule has 4 aromatic rings. The average molecular weight is 449 g/mol. The number of aliphatic imine (C=N–C) groups is 1. The summed E-state index contributed by atoms with van der Waals surface area (Å²) >= 11 is 0. The second-order valence-electron chi connectivity index (χ2n) is 8.77. The van der Waals surface area contributed by atoms with Crippen LogP contribution in [0, 0.1) is 0 Å².